The number of aromatic nitrogens is 5. The van der Waals surface area contributed by atoms with Gasteiger partial charge in [0.2, 0.25) is 5.91 Å². The monoisotopic (exact) mass is 717 g/mol. The topological polar surface area (TPSA) is 115 Å². The fourth-order valence-electron chi connectivity index (χ4n) is 8.36. The summed E-state index contributed by atoms with van der Waals surface area (Å²) in [5, 5.41) is 0.0459. The number of amides is 1. The van der Waals surface area contributed by atoms with Gasteiger partial charge in [0.05, 0.1) is 17.3 Å². The SMILES string of the molecule is CC(=O)N1CCN(Cc2ccc(-c3cccc(-n4c(=O)n(C5CCC(CC(=O)c6cn7c(n6)CCCC7)CC5)c(=O)c5cc(F)cnc54)c3)cc2)CC1. The number of hydrogen-bond acceptors (Lipinski definition) is 7. The molecule has 11 nitrogen and oxygen atoms in total. The number of halogens is 1. The summed E-state index contributed by atoms with van der Waals surface area (Å²) in [5.74, 6) is 0.627. The van der Waals surface area contributed by atoms with Gasteiger partial charge in [-0.1, -0.05) is 36.4 Å². The van der Waals surface area contributed by atoms with Crippen LogP contribution in [0.25, 0.3) is 27.8 Å². The molecule has 0 N–H and O–H groups in total. The van der Waals surface area contributed by atoms with Gasteiger partial charge in [0.15, 0.2) is 11.4 Å². The number of ketones is 1. The van der Waals surface area contributed by atoms with Crippen LogP contribution in [0.3, 0.4) is 0 Å². The van der Waals surface area contributed by atoms with E-state index in [4.69, 9.17) is 0 Å². The molecule has 1 saturated heterocycles. The fraction of sp³-hybridized carbons (Fsp3) is 0.415. The summed E-state index contributed by atoms with van der Waals surface area (Å²) in [6.45, 7) is 6.45. The molecule has 5 heterocycles. The number of carbonyl (C=O) groups is 2. The minimum absolute atomic E-state index is 0.0425. The van der Waals surface area contributed by atoms with Crippen LogP contribution in [0.5, 0.6) is 0 Å². The molecule has 5 aromatic rings. The van der Waals surface area contributed by atoms with Gasteiger partial charge < -0.3 is 9.47 Å². The van der Waals surface area contributed by atoms with Crippen LogP contribution in [0.15, 0.2) is 76.6 Å². The summed E-state index contributed by atoms with van der Waals surface area (Å²) in [5.41, 5.74) is 3.12. The Morgan fingerprint density at radius 3 is 2.40 bits per heavy atom. The van der Waals surface area contributed by atoms with Gasteiger partial charge in [0.1, 0.15) is 17.3 Å². The van der Waals surface area contributed by atoms with Gasteiger partial charge in [-0.2, -0.15) is 0 Å². The average Bonchev–Trinajstić information content (AvgIpc) is 3.62. The van der Waals surface area contributed by atoms with Gasteiger partial charge in [0.25, 0.3) is 5.56 Å². The summed E-state index contributed by atoms with van der Waals surface area (Å²) in [6.07, 6.45) is 8.89. The van der Waals surface area contributed by atoms with Crippen LogP contribution >= 0.6 is 0 Å². The average molecular weight is 718 g/mol. The molecule has 1 aliphatic carbocycles. The van der Waals surface area contributed by atoms with Crippen LogP contribution in [0.1, 0.15) is 79.8 Å². The molecule has 1 amide bonds. The fourth-order valence-corrected chi connectivity index (χ4v) is 8.36. The van der Waals surface area contributed by atoms with Gasteiger partial charge in [0, 0.05) is 71.3 Å². The summed E-state index contributed by atoms with van der Waals surface area (Å²) < 4.78 is 19.4. The van der Waals surface area contributed by atoms with Crippen molar-refractivity contribution in [3.8, 4) is 16.8 Å². The Morgan fingerprint density at radius 2 is 1.66 bits per heavy atom. The first kappa shape index (κ1) is 34.8. The predicted molar refractivity (Wildman–Crippen MR) is 200 cm³/mol. The highest BCUT2D eigenvalue weighted by atomic mass is 19.1. The van der Waals surface area contributed by atoms with Crippen molar-refractivity contribution in [2.45, 2.75) is 77.4 Å². The van der Waals surface area contributed by atoms with E-state index in [0.29, 0.717) is 43.5 Å². The Kier molecular flexibility index (Phi) is 9.63. The first-order valence-electron chi connectivity index (χ1n) is 18.8. The first-order valence-corrected chi connectivity index (χ1v) is 18.8. The van der Waals surface area contributed by atoms with E-state index in [0.717, 1.165) is 87.7 Å². The van der Waals surface area contributed by atoms with Crippen LogP contribution in [0.4, 0.5) is 4.39 Å². The van der Waals surface area contributed by atoms with Crippen molar-refractivity contribution in [1.29, 1.82) is 0 Å². The number of pyridine rings is 1. The zero-order chi connectivity index (χ0) is 36.6. The molecule has 2 aliphatic heterocycles. The van der Waals surface area contributed by atoms with E-state index in [2.05, 4.69) is 43.7 Å². The molecule has 2 aromatic carbocycles. The number of imidazole rings is 1. The molecule has 12 heteroatoms. The number of benzene rings is 2. The minimum Gasteiger partial charge on any atom is -0.340 e. The maximum absolute atomic E-state index is 14.6. The standard InChI is InChI=1S/C41H44FN7O4/c1-27(50)46-19-17-45(18-20-46)25-29-8-12-30(13-9-29)31-5-4-6-34(22-31)48-39-35(23-32(42)24-43-39)40(52)49(41(48)53)33-14-10-28(11-15-33)21-37(51)36-26-47-16-3-2-7-38(47)44-36/h4-6,8-9,12-13,22-24,26,28,33H,2-3,7,10-11,14-21,25H2,1H3. The van der Waals surface area contributed by atoms with Crippen molar-refractivity contribution in [3.05, 3.63) is 111 Å². The van der Waals surface area contributed by atoms with Gasteiger partial charge >= 0.3 is 5.69 Å². The number of hydrogen-bond donors (Lipinski definition) is 0. The maximum Gasteiger partial charge on any atom is 0.337 e. The third kappa shape index (κ3) is 7.12. The van der Waals surface area contributed by atoms with Crippen LogP contribution in [-0.4, -0.2) is 71.3 Å². The van der Waals surface area contributed by atoms with Crippen LogP contribution < -0.4 is 11.2 Å². The second-order valence-electron chi connectivity index (χ2n) is 14.8. The highest BCUT2D eigenvalue weighted by molar-refractivity contribution is 5.94. The summed E-state index contributed by atoms with van der Waals surface area (Å²) in [7, 11) is 0. The molecule has 0 unspecified atom stereocenters. The van der Waals surface area contributed by atoms with Crippen molar-refractivity contribution in [1.82, 2.24) is 33.5 Å². The van der Waals surface area contributed by atoms with Crippen molar-refractivity contribution in [3.63, 3.8) is 0 Å². The molecule has 0 spiro atoms. The Labute approximate surface area is 306 Å². The van der Waals surface area contributed by atoms with Gasteiger partial charge in [-0.25, -0.2) is 23.7 Å². The van der Waals surface area contributed by atoms with Crippen molar-refractivity contribution in [2.24, 2.45) is 5.92 Å². The molecule has 0 bridgehead atoms. The number of rotatable bonds is 8. The quantitative estimate of drug-likeness (QED) is 0.193. The third-order valence-corrected chi connectivity index (χ3v) is 11.4. The second-order valence-corrected chi connectivity index (χ2v) is 14.8. The first-order chi connectivity index (χ1) is 25.7. The normalized spacial score (nSPS) is 19.3. The van der Waals surface area contributed by atoms with E-state index in [1.165, 1.54) is 14.7 Å². The lowest BCUT2D eigenvalue weighted by molar-refractivity contribution is -0.130. The van der Waals surface area contributed by atoms with Gasteiger partial charge in [-0.15, -0.1) is 0 Å². The zero-order valence-electron chi connectivity index (χ0n) is 30.0. The maximum atomic E-state index is 14.6. The Balaban J connectivity index is 1.02. The zero-order valence-corrected chi connectivity index (χ0v) is 30.0. The molecule has 53 heavy (non-hydrogen) atoms. The van der Waals surface area contributed by atoms with E-state index in [9.17, 15) is 23.6 Å². The third-order valence-electron chi connectivity index (χ3n) is 11.4. The number of nitrogens with zero attached hydrogens (tertiary/aromatic N) is 7. The Hall–Kier alpha value is -5.23. The van der Waals surface area contributed by atoms with Crippen LogP contribution in [0.2, 0.25) is 0 Å². The lowest BCUT2D eigenvalue weighted by Gasteiger charge is -2.34. The van der Waals surface area contributed by atoms with Crippen LogP contribution in [-0.2, 0) is 24.3 Å². The Morgan fingerprint density at radius 1 is 0.887 bits per heavy atom. The molecule has 8 rings (SSSR count). The highest BCUT2D eigenvalue weighted by Crippen LogP contribution is 2.34. The van der Waals surface area contributed by atoms with E-state index >= 15 is 0 Å². The lowest BCUT2D eigenvalue weighted by atomic mass is 9.82. The van der Waals surface area contributed by atoms with E-state index in [1.807, 2.05) is 29.3 Å². The Bertz CT molecular complexity index is 2270. The molecule has 0 atom stereocenters. The lowest BCUT2D eigenvalue weighted by Crippen LogP contribution is -2.47. The molecule has 274 valence electrons. The van der Waals surface area contributed by atoms with E-state index in [1.54, 1.807) is 13.0 Å². The number of Topliss-reactive ketones (excluding diaryl/α,β-unsaturated/α-hetero) is 1. The summed E-state index contributed by atoms with van der Waals surface area (Å²) in [6, 6.07) is 16.6. The molecule has 3 aromatic heterocycles. The highest BCUT2D eigenvalue weighted by Gasteiger charge is 2.29. The van der Waals surface area contributed by atoms with Crippen LogP contribution in [0, 0.1) is 11.7 Å². The number of aryl methyl sites for hydroxylation is 2. The number of piperazine rings is 1. The molecular weight excluding hydrogens is 673 g/mol. The molecule has 1 saturated carbocycles. The van der Waals surface area contributed by atoms with Crippen molar-refractivity contribution < 1.29 is 14.0 Å². The minimum atomic E-state index is -0.649. The van der Waals surface area contributed by atoms with E-state index < -0.39 is 17.1 Å². The molecular formula is C41H44FN7O4. The largest absolute Gasteiger partial charge is 0.340 e. The molecule has 2 fully saturated rings. The van der Waals surface area contributed by atoms with Gasteiger partial charge in [-0.05, 0) is 79.3 Å². The second kappa shape index (κ2) is 14.7. The van der Waals surface area contributed by atoms with E-state index in [-0.39, 0.29) is 34.7 Å². The summed E-state index contributed by atoms with van der Waals surface area (Å²) >= 11 is 0. The molecule has 3 aliphatic rings. The van der Waals surface area contributed by atoms with Crippen molar-refractivity contribution in [2.75, 3.05) is 26.2 Å². The van der Waals surface area contributed by atoms with Crippen molar-refractivity contribution >= 4 is 22.7 Å². The predicted octanol–water partition coefficient (Wildman–Crippen LogP) is 5.55. The van der Waals surface area contributed by atoms with Gasteiger partial charge in [-0.3, -0.25) is 23.9 Å². The number of carbonyl (C=O) groups excluding carboxylic acids is 2. The number of fused-ring (bicyclic) bond motifs is 2. The summed E-state index contributed by atoms with van der Waals surface area (Å²) in [4.78, 5) is 66.2. The smallest absolute Gasteiger partial charge is 0.337 e. The molecule has 0 radical (unpaired) electrons.